The van der Waals surface area contributed by atoms with E-state index in [0.717, 1.165) is 5.57 Å². The zero-order chi connectivity index (χ0) is 51.8. The summed E-state index contributed by atoms with van der Waals surface area (Å²) < 4.78 is 36.5. The molecule has 0 amide bonds. The number of aliphatic carboxylic acids is 1. The van der Waals surface area contributed by atoms with Crippen molar-refractivity contribution in [2.75, 3.05) is 13.2 Å². The molecule has 0 bridgehead atoms. The molecule has 0 aromatic carbocycles. The number of allylic oxidation sites excluding steroid dienone is 3. The number of ether oxygens (including phenoxy) is 6. The Kier molecular flexibility index (Phi) is 13.7. The summed E-state index contributed by atoms with van der Waals surface area (Å²) in [5, 5.41) is 101. The highest BCUT2D eigenvalue weighted by Crippen LogP contribution is 2.76. The standard InChI is InChI=1S/C52H78O18/c1-12-23(3)42(63)67-38-39(68-43(64)24(4)13-2)51(22-54)26(20-46(38,5)6)25-14-15-29-48(9)18-17-30(47(7,8)28(48)16-19-49(29,10)50(25,11)36(59)37(51)60)66-44-33(56)31-35(58)52(31,40(69-44)41(61)62)70-45-34(57)32(55)27(21-53)65-45/h12-14,26-40,44-45,53-60H,15-22H2,1-11H3,(H,61,62)/b23-12-,24-13-/t26?,27-,28?,29?,30-,31?,32?,33?,34?,35-,36-,37+,38-,39-,40?,44+,45-,48-,49+,50-,51-,52?/m0/s1. The monoisotopic (exact) mass is 991 g/mol. The van der Waals surface area contributed by atoms with Crippen LogP contribution < -0.4 is 0 Å². The van der Waals surface area contributed by atoms with E-state index in [2.05, 4.69) is 33.8 Å². The van der Waals surface area contributed by atoms with Crippen LogP contribution in [-0.4, -0.2) is 162 Å². The average molecular weight is 991 g/mol. The Bertz CT molecular complexity index is 2170. The molecule has 7 fully saturated rings. The van der Waals surface area contributed by atoms with Crippen molar-refractivity contribution in [2.45, 2.75) is 200 Å². The van der Waals surface area contributed by atoms with Crippen LogP contribution in [0.25, 0.3) is 0 Å². The predicted molar refractivity (Wildman–Crippen MR) is 247 cm³/mol. The first-order chi connectivity index (χ1) is 32.6. The molecule has 0 aromatic rings. The first kappa shape index (κ1) is 53.4. The molecule has 18 nitrogen and oxygen atoms in total. The van der Waals surface area contributed by atoms with Crippen molar-refractivity contribution in [3.63, 3.8) is 0 Å². The first-order valence-corrected chi connectivity index (χ1v) is 25.1. The molecule has 0 radical (unpaired) electrons. The number of carboxylic acid groups (broad SMARTS) is 1. The maximum atomic E-state index is 13.8. The minimum atomic E-state index is -2.04. The quantitative estimate of drug-likeness (QED) is 0.0622. The molecule has 18 heteroatoms. The largest absolute Gasteiger partial charge is 0.479 e. The van der Waals surface area contributed by atoms with E-state index >= 15 is 0 Å². The van der Waals surface area contributed by atoms with Gasteiger partial charge in [-0.2, -0.15) is 0 Å². The van der Waals surface area contributed by atoms with Crippen molar-refractivity contribution >= 4 is 17.9 Å². The third kappa shape index (κ3) is 7.26. The molecule has 5 saturated carbocycles. The molecule has 2 aliphatic heterocycles. The summed E-state index contributed by atoms with van der Waals surface area (Å²) in [4.78, 5) is 40.1. The maximum absolute atomic E-state index is 13.8. The summed E-state index contributed by atoms with van der Waals surface area (Å²) in [5.74, 6) is -4.69. The second kappa shape index (κ2) is 17.9. The van der Waals surface area contributed by atoms with E-state index in [4.69, 9.17) is 28.4 Å². The lowest BCUT2D eigenvalue weighted by Gasteiger charge is -2.73. The van der Waals surface area contributed by atoms with Gasteiger partial charge < -0.3 is 74.4 Å². The van der Waals surface area contributed by atoms with Gasteiger partial charge in [-0.3, -0.25) is 0 Å². The highest BCUT2D eigenvalue weighted by atomic mass is 16.8. The molecule has 70 heavy (non-hydrogen) atoms. The Morgan fingerprint density at radius 2 is 1.37 bits per heavy atom. The van der Waals surface area contributed by atoms with Crippen LogP contribution in [0.5, 0.6) is 0 Å². The van der Waals surface area contributed by atoms with Crippen LogP contribution in [0.1, 0.15) is 115 Å². The van der Waals surface area contributed by atoms with Gasteiger partial charge in [0.2, 0.25) is 0 Å². The summed E-state index contributed by atoms with van der Waals surface area (Å²) in [7, 11) is 0. The lowest BCUT2D eigenvalue weighted by Crippen LogP contribution is -2.76. The Morgan fingerprint density at radius 3 is 1.93 bits per heavy atom. The van der Waals surface area contributed by atoms with E-state index in [1.54, 1.807) is 39.8 Å². The lowest BCUT2D eigenvalue weighted by atomic mass is 9.32. The fourth-order valence-corrected chi connectivity index (χ4v) is 15.7. The maximum Gasteiger partial charge on any atom is 0.336 e. The van der Waals surface area contributed by atoms with Gasteiger partial charge in [0.1, 0.15) is 36.1 Å². The Morgan fingerprint density at radius 1 is 0.757 bits per heavy atom. The number of carbonyl (C=O) groups is 3. The third-order valence-corrected chi connectivity index (χ3v) is 20.3. The molecular weight excluding hydrogens is 913 g/mol. The molecule has 2 saturated heterocycles. The molecule has 22 atom stereocenters. The number of carbonyl (C=O) groups excluding carboxylic acids is 2. The first-order valence-electron chi connectivity index (χ1n) is 25.1. The number of hydrogen-bond acceptors (Lipinski definition) is 17. The Balaban J connectivity index is 1.08. The van der Waals surface area contributed by atoms with Gasteiger partial charge in [-0.1, -0.05) is 72.3 Å². The summed E-state index contributed by atoms with van der Waals surface area (Å²) in [5.41, 5.74) is -5.69. The number of aliphatic hydroxyl groups is 8. The van der Waals surface area contributed by atoms with Crippen LogP contribution in [0.3, 0.4) is 0 Å². The Hall–Kier alpha value is -2.85. The second-order valence-corrected chi connectivity index (χ2v) is 24.0. The SMILES string of the molecule is C/C=C(/C)C(=O)O[C@H]1[C@H](OC(=O)/C(C)=C\C)[C@@]2(CO)C(CC1(C)C)C1=CCC3[C@@]4(C)CC[C@H](O[C@@H]5OC(C(=O)O)C6(O[C@@H]7O[C@@H](CO)C(O)C7O)C(C5O)[C@@H]6O)C(C)(C)C4CC[C@@]3(C)[C@]1(C)[C@@H](O)[C@H]2O. The summed E-state index contributed by atoms with van der Waals surface area (Å²) >= 11 is 0. The van der Waals surface area contributed by atoms with Gasteiger partial charge in [0.25, 0.3) is 0 Å². The second-order valence-electron chi connectivity index (χ2n) is 24.0. The normalized spacial score (nSPS) is 50.3. The number of carboxylic acids is 1. The fraction of sp³-hybridized carbons (Fsp3) is 0.827. The van der Waals surface area contributed by atoms with Crippen molar-refractivity contribution in [1.82, 2.24) is 0 Å². The smallest absolute Gasteiger partial charge is 0.336 e. The molecule has 2 heterocycles. The van der Waals surface area contributed by atoms with Crippen molar-refractivity contribution < 1.29 is 88.8 Å². The van der Waals surface area contributed by atoms with Crippen molar-refractivity contribution in [3.8, 4) is 0 Å². The van der Waals surface area contributed by atoms with Gasteiger partial charge in [-0.15, -0.1) is 0 Å². The van der Waals surface area contributed by atoms with Gasteiger partial charge in [-0.05, 0) is 100 Å². The highest BCUT2D eigenvalue weighted by molar-refractivity contribution is 5.89. The van der Waals surface area contributed by atoms with Gasteiger partial charge in [-0.25, -0.2) is 14.4 Å². The molecule has 0 spiro atoms. The average Bonchev–Trinajstić information content (AvgIpc) is 3.81. The van der Waals surface area contributed by atoms with E-state index in [9.17, 15) is 60.3 Å². The van der Waals surface area contributed by atoms with Crippen LogP contribution in [0.4, 0.5) is 0 Å². The molecule has 9 unspecified atom stereocenters. The van der Waals surface area contributed by atoms with Gasteiger partial charge in [0.05, 0.1) is 49.0 Å². The van der Waals surface area contributed by atoms with E-state index in [0.29, 0.717) is 44.1 Å². The van der Waals surface area contributed by atoms with Crippen LogP contribution in [0.2, 0.25) is 0 Å². The van der Waals surface area contributed by atoms with Crippen LogP contribution in [0.15, 0.2) is 34.9 Å². The molecule has 394 valence electrons. The van der Waals surface area contributed by atoms with Crippen LogP contribution in [-0.2, 0) is 42.8 Å². The zero-order valence-corrected chi connectivity index (χ0v) is 42.4. The van der Waals surface area contributed by atoms with E-state index in [1.807, 2.05) is 20.8 Å². The topological polar surface area (TPSA) is 289 Å². The van der Waals surface area contributed by atoms with Gasteiger partial charge in [0.15, 0.2) is 24.8 Å². The van der Waals surface area contributed by atoms with E-state index < -0.39 is 155 Å². The van der Waals surface area contributed by atoms with E-state index in [-0.39, 0.29) is 22.8 Å². The molecule has 8 rings (SSSR count). The fourth-order valence-electron chi connectivity index (χ4n) is 15.7. The van der Waals surface area contributed by atoms with Gasteiger partial charge in [0, 0.05) is 22.0 Å². The van der Waals surface area contributed by atoms with Crippen molar-refractivity contribution in [1.29, 1.82) is 0 Å². The van der Waals surface area contributed by atoms with Crippen LogP contribution in [0, 0.1) is 56.2 Å². The predicted octanol–water partition coefficient (Wildman–Crippen LogP) is 2.44. The molecule has 9 N–H and O–H groups in total. The highest BCUT2D eigenvalue weighted by Gasteiger charge is 2.81. The van der Waals surface area contributed by atoms with Crippen LogP contribution >= 0.6 is 0 Å². The zero-order valence-electron chi connectivity index (χ0n) is 42.4. The lowest BCUT2D eigenvalue weighted by molar-refractivity contribution is -0.325. The molecular formula is C52H78O18. The minimum Gasteiger partial charge on any atom is -0.479 e. The van der Waals surface area contributed by atoms with Crippen molar-refractivity contribution in [3.05, 3.63) is 34.9 Å². The Labute approximate surface area is 410 Å². The third-order valence-electron chi connectivity index (χ3n) is 20.3. The summed E-state index contributed by atoms with van der Waals surface area (Å²) in [6.07, 6.45) is -9.91. The number of hydrogen-bond donors (Lipinski definition) is 9. The number of esters is 2. The molecule has 8 aliphatic rings. The molecule has 0 aromatic heterocycles. The number of rotatable bonds is 11. The summed E-state index contributed by atoms with van der Waals surface area (Å²) in [6, 6.07) is 0. The van der Waals surface area contributed by atoms with Crippen molar-refractivity contribution in [2.24, 2.45) is 56.2 Å². The molecule has 6 aliphatic carbocycles. The van der Waals surface area contributed by atoms with E-state index in [1.165, 1.54) is 0 Å². The van der Waals surface area contributed by atoms with Gasteiger partial charge >= 0.3 is 17.9 Å². The summed E-state index contributed by atoms with van der Waals surface area (Å²) in [6.45, 7) is 19.8. The number of aliphatic hydroxyl groups excluding tert-OH is 8. The number of fused-ring (bicyclic) bond motifs is 8. The minimum absolute atomic E-state index is 0.00209.